The lowest BCUT2D eigenvalue weighted by molar-refractivity contribution is 0.0984. The Labute approximate surface area is 229 Å². The van der Waals surface area contributed by atoms with E-state index in [2.05, 4.69) is 20.9 Å². The number of thiazole rings is 1. The van der Waals surface area contributed by atoms with Crippen LogP contribution in [-0.2, 0) is 16.6 Å². The number of hydrogen-bond acceptors (Lipinski definition) is 6. The van der Waals surface area contributed by atoms with Crippen LogP contribution >= 0.6 is 27.3 Å². The first-order chi connectivity index (χ1) is 17.8. The van der Waals surface area contributed by atoms with Gasteiger partial charge < -0.3 is 0 Å². The van der Waals surface area contributed by atoms with E-state index in [1.54, 1.807) is 30.3 Å². The summed E-state index contributed by atoms with van der Waals surface area (Å²) >= 11 is 4.91. The third kappa shape index (κ3) is 5.62. The maximum Gasteiger partial charge on any atom is 0.260 e. The molecule has 2 aromatic heterocycles. The normalized spacial score (nSPS) is 14.8. The molecular weight excluding hydrogens is 572 g/mol. The van der Waals surface area contributed by atoms with Crippen molar-refractivity contribution in [2.75, 3.05) is 11.9 Å². The van der Waals surface area contributed by atoms with E-state index in [1.165, 1.54) is 27.8 Å². The molecule has 0 atom stereocenters. The number of pyridine rings is 1. The lowest BCUT2D eigenvalue weighted by atomic mass is 9.96. The van der Waals surface area contributed by atoms with Crippen molar-refractivity contribution < 1.29 is 13.2 Å². The summed E-state index contributed by atoms with van der Waals surface area (Å²) in [5.41, 5.74) is 1.91. The number of aromatic nitrogens is 2. The highest BCUT2D eigenvalue weighted by molar-refractivity contribution is 9.10. The van der Waals surface area contributed by atoms with Crippen molar-refractivity contribution in [3.05, 3.63) is 82.6 Å². The number of halogens is 1. The first-order valence-corrected chi connectivity index (χ1v) is 15.2. The quantitative estimate of drug-likeness (QED) is 0.251. The molecule has 4 aromatic rings. The average Bonchev–Trinajstić information content (AvgIpc) is 3.35. The standard InChI is InChI=1S/C27H27BrN4O3S2/c1-31(22-8-3-2-4-9-22)37(34,35)23-13-10-19(11-14-23)26(33)32(18-21-7-5-6-16-29-21)27-30-24-15-12-20(28)17-25(24)36-27/h5-7,10-17,22H,2-4,8-9,18H2,1H3. The molecule has 0 unspecified atom stereocenters. The number of rotatable bonds is 7. The molecule has 1 aliphatic rings. The van der Waals surface area contributed by atoms with Crippen LogP contribution in [0.2, 0.25) is 0 Å². The fourth-order valence-electron chi connectivity index (χ4n) is 4.61. The molecule has 192 valence electrons. The van der Waals surface area contributed by atoms with E-state index in [0.717, 1.165) is 52.5 Å². The van der Waals surface area contributed by atoms with Crippen LogP contribution in [0, 0.1) is 0 Å². The fraction of sp³-hybridized carbons (Fsp3) is 0.296. The second-order valence-electron chi connectivity index (χ2n) is 9.16. The van der Waals surface area contributed by atoms with Gasteiger partial charge in [0.2, 0.25) is 10.0 Å². The number of carbonyl (C=O) groups is 1. The molecule has 2 aromatic carbocycles. The maximum absolute atomic E-state index is 13.7. The van der Waals surface area contributed by atoms with E-state index in [-0.39, 0.29) is 23.4 Å². The summed E-state index contributed by atoms with van der Waals surface area (Å²) in [7, 11) is -1.98. The third-order valence-corrected chi connectivity index (χ3v) is 10.2. The van der Waals surface area contributed by atoms with Crippen LogP contribution in [0.4, 0.5) is 5.13 Å². The van der Waals surface area contributed by atoms with Crippen molar-refractivity contribution >= 4 is 58.5 Å². The zero-order chi connectivity index (χ0) is 26.0. The second kappa shape index (κ2) is 11.0. The Morgan fingerprint density at radius 2 is 1.81 bits per heavy atom. The van der Waals surface area contributed by atoms with Gasteiger partial charge in [0.1, 0.15) is 0 Å². The van der Waals surface area contributed by atoms with Crippen LogP contribution in [-0.4, -0.2) is 41.7 Å². The molecule has 10 heteroatoms. The van der Waals surface area contributed by atoms with E-state index in [9.17, 15) is 13.2 Å². The van der Waals surface area contributed by atoms with Crippen LogP contribution in [0.3, 0.4) is 0 Å². The van der Waals surface area contributed by atoms with Gasteiger partial charge in [0.15, 0.2) is 5.13 Å². The Kier molecular flexibility index (Phi) is 7.71. The summed E-state index contributed by atoms with van der Waals surface area (Å²) in [6.45, 7) is 0.241. The Hall–Kier alpha value is -2.66. The minimum atomic E-state index is -3.64. The predicted molar refractivity (Wildman–Crippen MR) is 150 cm³/mol. The minimum Gasteiger partial charge on any atom is -0.278 e. The summed E-state index contributed by atoms with van der Waals surface area (Å²) in [6, 6.07) is 17.6. The molecule has 0 bridgehead atoms. The van der Waals surface area contributed by atoms with Gasteiger partial charge in [0.25, 0.3) is 5.91 Å². The number of benzene rings is 2. The molecule has 0 N–H and O–H groups in total. The van der Waals surface area contributed by atoms with Gasteiger partial charge in [-0.05, 0) is 67.4 Å². The Morgan fingerprint density at radius 1 is 1.05 bits per heavy atom. The van der Waals surface area contributed by atoms with Gasteiger partial charge in [0, 0.05) is 29.3 Å². The number of hydrogen-bond donors (Lipinski definition) is 0. The molecule has 1 aliphatic carbocycles. The highest BCUT2D eigenvalue weighted by atomic mass is 79.9. The topological polar surface area (TPSA) is 83.5 Å². The van der Waals surface area contributed by atoms with Gasteiger partial charge in [-0.25, -0.2) is 13.4 Å². The summed E-state index contributed by atoms with van der Waals surface area (Å²) in [5, 5.41) is 0.553. The molecule has 1 amide bonds. The second-order valence-corrected chi connectivity index (χ2v) is 13.1. The van der Waals surface area contributed by atoms with Crippen LogP contribution < -0.4 is 4.90 Å². The molecular formula is C27H27BrN4O3S2. The molecule has 2 heterocycles. The monoisotopic (exact) mass is 598 g/mol. The van der Waals surface area contributed by atoms with Crippen molar-refractivity contribution in [2.45, 2.75) is 49.6 Å². The predicted octanol–water partition coefficient (Wildman–Crippen LogP) is 6.25. The van der Waals surface area contributed by atoms with Crippen LogP contribution in [0.1, 0.15) is 48.2 Å². The van der Waals surface area contributed by atoms with Gasteiger partial charge in [-0.2, -0.15) is 4.31 Å². The van der Waals surface area contributed by atoms with Crippen molar-refractivity contribution in [1.29, 1.82) is 0 Å². The smallest absolute Gasteiger partial charge is 0.260 e. The number of anilines is 1. The van der Waals surface area contributed by atoms with Gasteiger partial charge in [0.05, 0.1) is 27.4 Å². The summed E-state index contributed by atoms with van der Waals surface area (Å²) < 4.78 is 29.9. The van der Waals surface area contributed by atoms with Crippen molar-refractivity contribution in [3.8, 4) is 0 Å². The van der Waals surface area contributed by atoms with E-state index < -0.39 is 10.0 Å². The molecule has 37 heavy (non-hydrogen) atoms. The van der Waals surface area contributed by atoms with Crippen molar-refractivity contribution in [1.82, 2.24) is 14.3 Å². The number of amides is 1. The molecule has 7 nitrogen and oxygen atoms in total. The van der Waals surface area contributed by atoms with Gasteiger partial charge >= 0.3 is 0 Å². The minimum absolute atomic E-state index is 0.0213. The highest BCUT2D eigenvalue weighted by Gasteiger charge is 2.29. The summed E-state index contributed by atoms with van der Waals surface area (Å²) in [4.78, 5) is 24.6. The molecule has 0 aliphatic heterocycles. The summed E-state index contributed by atoms with van der Waals surface area (Å²) in [5.74, 6) is -0.270. The van der Waals surface area contributed by atoms with Crippen LogP contribution in [0.5, 0.6) is 0 Å². The Morgan fingerprint density at radius 3 is 2.51 bits per heavy atom. The molecule has 5 rings (SSSR count). The highest BCUT2D eigenvalue weighted by Crippen LogP contribution is 2.33. The third-order valence-electron chi connectivity index (χ3n) is 6.73. The largest absolute Gasteiger partial charge is 0.278 e. The van der Waals surface area contributed by atoms with Crippen LogP contribution in [0.25, 0.3) is 10.2 Å². The molecule has 0 saturated heterocycles. The average molecular weight is 600 g/mol. The summed E-state index contributed by atoms with van der Waals surface area (Å²) in [6.07, 6.45) is 6.71. The number of fused-ring (bicyclic) bond motifs is 1. The Balaban J connectivity index is 1.44. The van der Waals surface area contributed by atoms with Crippen molar-refractivity contribution in [3.63, 3.8) is 0 Å². The van der Waals surface area contributed by atoms with Gasteiger partial charge in [-0.3, -0.25) is 14.7 Å². The van der Waals surface area contributed by atoms with Crippen molar-refractivity contribution in [2.24, 2.45) is 0 Å². The van der Waals surface area contributed by atoms with Gasteiger partial charge in [-0.15, -0.1) is 0 Å². The fourth-order valence-corrected chi connectivity index (χ4v) is 7.55. The Bertz CT molecular complexity index is 1500. The van der Waals surface area contributed by atoms with E-state index in [0.29, 0.717) is 10.7 Å². The van der Waals surface area contributed by atoms with E-state index in [4.69, 9.17) is 4.98 Å². The first-order valence-electron chi connectivity index (χ1n) is 12.2. The molecule has 0 spiro atoms. The first kappa shape index (κ1) is 26.0. The van der Waals surface area contributed by atoms with Crippen LogP contribution in [0.15, 0.2) is 76.2 Å². The molecule has 1 saturated carbocycles. The maximum atomic E-state index is 13.7. The van der Waals surface area contributed by atoms with Gasteiger partial charge in [-0.1, -0.05) is 52.6 Å². The zero-order valence-electron chi connectivity index (χ0n) is 20.4. The number of nitrogens with zero attached hydrogens (tertiary/aromatic N) is 4. The molecule has 0 radical (unpaired) electrons. The lowest BCUT2D eigenvalue weighted by Gasteiger charge is -2.30. The lowest BCUT2D eigenvalue weighted by Crippen LogP contribution is -2.38. The molecule has 1 fully saturated rings. The zero-order valence-corrected chi connectivity index (χ0v) is 23.6. The number of sulfonamides is 1. The number of carbonyl (C=O) groups excluding carboxylic acids is 1. The van der Waals surface area contributed by atoms with E-state index >= 15 is 0 Å². The van der Waals surface area contributed by atoms with E-state index in [1.807, 2.05) is 36.4 Å². The SMILES string of the molecule is CN(C1CCCCC1)S(=O)(=O)c1ccc(C(=O)N(Cc2ccccn2)c2nc3ccc(Br)cc3s2)cc1.